The second-order valence-electron chi connectivity index (χ2n) is 5.40. The number of carbonyl (C=O) groups excluding carboxylic acids is 1. The molecule has 0 radical (unpaired) electrons. The third kappa shape index (κ3) is 3.50. The van der Waals surface area contributed by atoms with Crippen molar-refractivity contribution in [1.29, 1.82) is 5.26 Å². The van der Waals surface area contributed by atoms with Gasteiger partial charge in [-0.2, -0.15) is 5.26 Å². The molecule has 1 rings (SSSR count). The molecule has 0 fully saturated rings. The van der Waals surface area contributed by atoms with Crippen LogP contribution in [0.25, 0.3) is 0 Å². The summed E-state index contributed by atoms with van der Waals surface area (Å²) in [5.41, 5.74) is 0.0732. The van der Waals surface area contributed by atoms with Crippen LogP contribution in [0.3, 0.4) is 0 Å². The van der Waals surface area contributed by atoms with Gasteiger partial charge >= 0.3 is 0 Å². The molecular formula is C14H17BrN2O3. The molecule has 1 aromatic carbocycles. The number of amides is 1. The van der Waals surface area contributed by atoms with Crippen molar-refractivity contribution in [2.45, 2.75) is 27.2 Å². The van der Waals surface area contributed by atoms with Crippen molar-refractivity contribution < 1.29 is 15.0 Å². The molecule has 0 saturated carbocycles. The van der Waals surface area contributed by atoms with E-state index in [2.05, 4.69) is 21.2 Å². The number of phenols is 1. The predicted molar refractivity (Wildman–Crippen MR) is 79.4 cm³/mol. The first-order valence-electron chi connectivity index (χ1n) is 6.09. The van der Waals surface area contributed by atoms with Crippen LogP contribution < -0.4 is 5.32 Å². The minimum Gasteiger partial charge on any atom is -0.506 e. The number of halogens is 1. The Morgan fingerprint density at radius 2 is 2.10 bits per heavy atom. The second kappa shape index (κ2) is 6.25. The Hall–Kier alpha value is -1.58. The van der Waals surface area contributed by atoms with Gasteiger partial charge in [-0.25, -0.2) is 0 Å². The van der Waals surface area contributed by atoms with Gasteiger partial charge in [-0.15, -0.1) is 0 Å². The van der Waals surface area contributed by atoms with Crippen molar-refractivity contribution in [3.63, 3.8) is 0 Å². The van der Waals surface area contributed by atoms with Gasteiger partial charge in [0, 0.05) is 28.5 Å². The van der Waals surface area contributed by atoms with E-state index >= 15 is 0 Å². The highest BCUT2D eigenvalue weighted by molar-refractivity contribution is 9.10. The molecule has 1 amide bonds. The number of nitriles is 1. The molecule has 0 unspecified atom stereocenters. The molecule has 108 valence electrons. The molecule has 0 spiro atoms. The summed E-state index contributed by atoms with van der Waals surface area (Å²) < 4.78 is 0.534. The monoisotopic (exact) mass is 340 g/mol. The van der Waals surface area contributed by atoms with Gasteiger partial charge in [-0.3, -0.25) is 4.79 Å². The van der Waals surface area contributed by atoms with Crippen molar-refractivity contribution in [3.05, 3.63) is 21.7 Å². The molecule has 20 heavy (non-hydrogen) atoms. The average molecular weight is 341 g/mol. The fraction of sp³-hybridized carbons (Fsp3) is 0.429. The molecule has 0 aromatic heterocycles. The van der Waals surface area contributed by atoms with E-state index in [0.29, 0.717) is 10.0 Å². The largest absolute Gasteiger partial charge is 0.506 e. The molecule has 3 N–H and O–H groups in total. The third-order valence-electron chi connectivity index (χ3n) is 2.75. The minimum atomic E-state index is -0.613. The number of nitrogens with zero attached hydrogens (tertiary/aromatic N) is 1. The zero-order chi connectivity index (χ0) is 15.5. The van der Waals surface area contributed by atoms with Gasteiger partial charge in [0.2, 0.25) is 5.91 Å². The summed E-state index contributed by atoms with van der Waals surface area (Å²) in [6.45, 7) is 5.11. The van der Waals surface area contributed by atoms with Crippen molar-refractivity contribution in [2.75, 3.05) is 11.9 Å². The van der Waals surface area contributed by atoms with E-state index in [-0.39, 0.29) is 35.9 Å². The average Bonchev–Trinajstić information content (AvgIpc) is 2.33. The smallest absolute Gasteiger partial charge is 0.229 e. The maximum Gasteiger partial charge on any atom is 0.229 e. The number of rotatable bonds is 3. The summed E-state index contributed by atoms with van der Waals surface area (Å²) in [5.74, 6) is -0.477. The van der Waals surface area contributed by atoms with Gasteiger partial charge in [0.25, 0.3) is 0 Å². The Bertz CT molecular complexity index is 571. The Kier molecular flexibility index (Phi) is 5.15. The maximum absolute atomic E-state index is 12.0. The number of aliphatic hydroxyl groups is 1. The third-order valence-corrected chi connectivity index (χ3v) is 3.46. The van der Waals surface area contributed by atoms with Crippen LogP contribution >= 0.6 is 15.9 Å². The summed E-state index contributed by atoms with van der Waals surface area (Å²) in [5, 5.41) is 30.8. The topological polar surface area (TPSA) is 93.3 Å². The van der Waals surface area contributed by atoms with Crippen LogP contribution in [0.4, 0.5) is 5.69 Å². The van der Waals surface area contributed by atoms with Gasteiger partial charge in [0.1, 0.15) is 17.4 Å². The van der Waals surface area contributed by atoms with Crippen molar-refractivity contribution in [1.82, 2.24) is 0 Å². The SMILES string of the molecule is CC(C)(C)C(=O)Nc1cc(Br)c(CCO)c(O)c1C#N. The number of hydrogen-bond acceptors (Lipinski definition) is 4. The van der Waals surface area contributed by atoms with E-state index in [4.69, 9.17) is 10.4 Å². The quantitative estimate of drug-likeness (QED) is 0.788. The van der Waals surface area contributed by atoms with Crippen molar-refractivity contribution in [3.8, 4) is 11.8 Å². The van der Waals surface area contributed by atoms with Gasteiger partial charge in [0.15, 0.2) is 0 Å². The summed E-state index contributed by atoms with van der Waals surface area (Å²) in [6.07, 6.45) is 0.217. The number of hydrogen-bond donors (Lipinski definition) is 3. The zero-order valence-corrected chi connectivity index (χ0v) is 13.2. The predicted octanol–water partition coefficient (Wildman–Crippen LogP) is 2.55. The van der Waals surface area contributed by atoms with E-state index in [0.717, 1.165) is 0 Å². The van der Waals surface area contributed by atoms with Gasteiger partial charge < -0.3 is 15.5 Å². The lowest BCUT2D eigenvalue weighted by Gasteiger charge is -2.19. The molecule has 5 nitrogen and oxygen atoms in total. The number of aromatic hydroxyl groups is 1. The van der Waals surface area contributed by atoms with Gasteiger partial charge in [0.05, 0.1) is 5.69 Å². The molecule has 0 aliphatic carbocycles. The molecule has 0 aliphatic heterocycles. The number of aliphatic hydroxyl groups excluding tert-OH is 1. The number of anilines is 1. The Balaban J connectivity index is 3.29. The first-order valence-corrected chi connectivity index (χ1v) is 6.88. The summed E-state index contributed by atoms with van der Waals surface area (Å²) >= 11 is 3.27. The molecule has 0 atom stereocenters. The van der Waals surface area contributed by atoms with Crippen molar-refractivity contribution in [2.24, 2.45) is 5.41 Å². The highest BCUT2D eigenvalue weighted by Gasteiger charge is 2.24. The zero-order valence-electron chi connectivity index (χ0n) is 11.6. The van der Waals surface area contributed by atoms with E-state index < -0.39 is 5.41 Å². The normalized spacial score (nSPS) is 11.0. The lowest BCUT2D eigenvalue weighted by atomic mass is 9.95. The van der Waals surface area contributed by atoms with E-state index in [1.165, 1.54) is 0 Å². The number of phenolic OH excluding ortho intramolecular Hbond substituents is 1. The molecular weight excluding hydrogens is 324 g/mol. The highest BCUT2D eigenvalue weighted by Crippen LogP contribution is 2.36. The Morgan fingerprint density at radius 3 is 2.55 bits per heavy atom. The molecule has 0 saturated heterocycles. The fourth-order valence-electron chi connectivity index (χ4n) is 1.55. The van der Waals surface area contributed by atoms with E-state index in [9.17, 15) is 9.90 Å². The van der Waals surface area contributed by atoms with Gasteiger partial charge in [-0.05, 0) is 6.07 Å². The van der Waals surface area contributed by atoms with Crippen LogP contribution in [0.1, 0.15) is 31.9 Å². The van der Waals surface area contributed by atoms with Crippen LogP contribution in [0.5, 0.6) is 5.75 Å². The Labute approximate surface area is 126 Å². The van der Waals surface area contributed by atoms with Crippen molar-refractivity contribution >= 4 is 27.5 Å². The molecule has 6 heteroatoms. The number of nitrogens with one attached hydrogen (secondary N) is 1. The first-order chi connectivity index (χ1) is 9.22. The lowest BCUT2D eigenvalue weighted by molar-refractivity contribution is -0.123. The molecule has 1 aromatic rings. The molecule has 0 aliphatic rings. The van der Waals surface area contributed by atoms with Crippen LogP contribution in [-0.2, 0) is 11.2 Å². The van der Waals surface area contributed by atoms with Crippen LogP contribution in [0.2, 0.25) is 0 Å². The summed E-state index contributed by atoms with van der Waals surface area (Å²) in [4.78, 5) is 12.0. The summed E-state index contributed by atoms with van der Waals surface area (Å²) in [6, 6.07) is 3.44. The highest BCUT2D eigenvalue weighted by atomic mass is 79.9. The van der Waals surface area contributed by atoms with Gasteiger partial charge in [-0.1, -0.05) is 36.7 Å². The number of carbonyl (C=O) groups is 1. The van der Waals surface area contributed by atoms with E-state index in [1.54, 1.807) is 26.8 Å². The molecule has 0 bridgehead atoms. The first kappa shape index (κ1) is 16.5. The van der Waals surface area contributed by atoms with Crippen LogP contribution in [0.15, 0.2) is 10.5 Å². The lowest BCUT2D eigenvalue weighted by Crippen LogP contribution is -2.28. The number of benzene rings is 1. The standard InChI is InChI=1S/C14H17BrN2O3/c1-14(2,3)13(20)17-11-6-10(15)8(4-5-18)12(19)9(11)7-16/h6,18-19H,4-5H2,1-3H3,(H,17,20). The Morgan fingerprint density at radius 1 is 1.50 bits per heavy atom. The second-order valence-corrected chi connectivity index (χ2v) is 6.25. The van der Waals surface area contributed by atoms with Crippen LogP contribution in [-0.4, -0.2) is 22.7 Å². The summed E-state index contributed by atoms with van der Waals surface area (Å²) in [7, 11) is 0. The van der Waals surface area contributed by atoms with E-state index in [1.807, 2.05) is 6.07 Å². The molecule has 0 heterocycles. The van der Waals surface area contributed by atoms with Crippen LogP contribution in [0, 0.1) is 16.7 Å². The fourth-order valence-corrected chi connectivity index (χ4v) is 2.16. The maximum atomic E-state index is 12.0. The minimum absolute atomic E-state index is 0.00532.